The molecule has 0 saturated heterocycles. The van der Waals surface area contributed by atoms with Gasteiger partial charge in [0.1, 0.15) is 11.9 Å². The first-order valence-electron chi connectivity index (χ1n) is 6.25. The van der Waals surface area contributed by atoms with Crippen molar-refractivity contribution in [3.63, 3.8) is 0 Å². The third kappa shape index (κ3) is 4.61. The number of hydrogen-bond acceptors (Lipinski definition) is 2. The smallest absolute Gasteiger partial charge is 0.162 e. The Morgan fingerprint density at radius 3 is 2.28 bits per heavy atom. The second-order valence-corrected chi connectivity index (χ2v) is 5.04. The molecule has 0 fully saturated rings. The minimum Gasteiger partial charge on any atom is -0.489 e. The summed E-state index contributed by atoms with van der Waals surface area (Å²) in [5.41, 5.74) is 0. The maximum absolute atomic E-state index is 13.1. The molecule has 1 atom stereocenters. The van der Waals surface area contributed by atoms with Crippen molar-refractivity contribution in [3.8, 4) is 5.75 Å². The zero-order valence-corrected chi connectivity index (χ0v) is 11.3. The summed E-state index contributed by atoms with van der Waals surface area (Å²) in [5.74, 6) is -1.10. The molecule has 2 nitrogen and oxygen atoms in total. The lowest BCUT2D eigenvalue weighted by molar-refractivity contribution is 0.145. The molecule has 0 spiro atoms. The summed E-state index contributed by atoms with van der Waals surface area (Å²) in [7, 11) is 0. The molecular weight excluding hydrogens is 236 g/mol. The largest absolute Gasteiger partial charge is 0.489 e. The van der Waals surface area contributed by atoms with Gasteiger partial charge in [0.15, 0.2) is 11.6 Å². The van der Waals surface area contributed by atoms with Gasteiger partial charge in [-0.25, -0.2) is 8.78 Å². The molecule has 1 rings (SSSR count). The van der Waals surface area contributed by atoms with Gasteiger partial charge in [0.2, 0.25) is 0 Å². The molecule has 0 radical (unpaired) electrons. The summed E-state index contributed by atoms with van der Waals surface area (Å²) in [6, 6.07) is 3.97. The molecule has 1 N–H and O–H groups in total. The predicted molar refractivity (Wildman–Crippen MR) is 68.8 cm³/mol. The molecule has 0 bridgehead atoms. The van der Waals surface area contributed by atoms with Crippen LogP contribution in [0.3, 0.4) is 0 Å². The van der Waals surface area contributed by atoms with Gasteiger partial charge >= 0.3 is 0 Å². The van der Waals surface area contributed by atoms with Crippen LogP contribution in [-0.4, -0.2) is 18.7 Å². The highest BCUT2D eigenvalue weighted by molar-refractivity contribution is 5.24. The van der Waals surface area contributed by atoms with Gasteiger partial charge in [-0.1, -0.05) is 27.7 Å². The summed E-state index contributed by atoms with van der Waals surface area (Å²) >= 11 is 0. The van der Waals surface area contributed by atoms with Crippen LogP contribution in [0.2, 0.25) is 0 Å². The van der Waals surface area contributed by atoms with Gasteiger partial charge in [0.25, 0.3) is 0 Å². The Morgan fingerprint density at radius 1 is 1.11 bits per heavy atom. The summed E-state index contributed by atoms with van der Waals surface area (Å²) in [4.78, 5) is 0. The van der Waals surface area contributed by atoms with Crippen molar-refractivity contribution >= 4 is 0 Å². The van der Waals surface area contributed by atoms with Crippen molar-refractivity contribution in [3.05, 3.63) is 29.8 Å². The lowest BCUT2D eigenvalue weighted by atomic mass is 10.1. The van der Waals surface area contributed by atoms with Gasteiger partial charge in [-0.15, -0.1) is 0 Å². The predicted octanol–water partition coefficient (Wildman–Crippen LogP) is 3.37. The summed E-state index contributed by atoms with van der Waals surface area (Å²) < 4.78 is 31.6. The summed E-state index contributed by atoms with van der Waals surface area (Å²) in [6.07, 6.45) is -0.0720. The molecular formula is C14H21F2NO. The fourth-order valence-electron chi connectivity index (χ4n) is 1.49. The lowest BCUT2D eigenvalue weighted by Gasteiger charge is -2.24. The third-order valence-corrected chi connectivity index (χ3v) is 2.65. The van der Waals surface area contributed by atoms with Crippen LogP contribution >= 0.6 is 0 Å². The first-order chi connectivity index (χ1) is 8.40. The number of ether oxygens (including phenoxy) is 1. The Hall–Kier alpha value is -1.16. The Balaban J connectivity index is 2.67. The van der Waals surface area contributed by atoms with Crippen LogP contribution in [0.4, 0.5) is 8.78 Å². The highest BCUT2D eigenvalue weighted by Crippen LogP contribution is 2.19. The topological polar surface area (TPSA) is 21.3 Å². The van der Waals surface area contributed by atoms with E-state index in [-0.39, 0.29) is 12.0 Å². The van der Waals surface area contributed by atoms with E-state index >= 15 is 0 Å². The number of benzene rings is 1. The zero-order valence-electron chi connectivity index (χ0n) is 11.3. The SMILES string of the molecule is CC(C)NCC(Oc1ccc(F)c(F)c1)C(C)C. The van der Waals surface area contributed by atoms with Crippen LogP contribution in [0.5, 0.6) is 5.75 Å². The van der Waals surface area contributed by atoms with Gasteiger partial charge in [-0.2, -0.15) is 0 Å². The van der Waals surface area contributed by atoms with Gasteiger partial charge in [-0.3, -0.25) is 0 Å². The molecule has 4 heteroatoms. The van der Waals surface area contributed by atoms with E-state index in [9.17, 15) is 8.78 Å². The molecule has 1 aromatic carbocycles. The van der Waals surface area contributed by atoms with Crippen molar-refractivity contribution in [1.82, 2.24) is 5.32 Å². The van der Waals surface area contributed by atoms with E-state index in [0.717, 1.165) is 12.1 Å². The Kier molecular flexibility index (Phi) is 5.54. The van der Waals surface area contributed by atoms with Gasteiger partial charge in [-0.05, 0) is 18.1 Å². The molecule has 102 valence electrons. The molecule has 0 amide bonds. The van der Waals surface area contributed by atoms with E-state index in [4.69, 9.17) is 4.74 Å². The summed E-state index contributed by atoms with van der Waals surface area (Å²) in [5, 5.41) is 3.28. The fraction of sp³-hybridized carbons (Fsp3) is 0.571. The van der Waals surface area contributed by atoms with Crippen molar-refractivity contribution in [2.75, 3.05) is 6.54 Å². The zero-order chi connectivity index (χ0) is 13.7. The number of rotatable bonds is 6. The van der Waals surface area contributed by atoms with Gasteiger partial charge in [0.05, 0.1) is 0 Å². The van der Waals surface area contributed by atoms with E-state index in [2.05, 4.69) is 19.2 Å². The third-order valence-electron chi connectivity index (χ3n) is 2.65. The number of hydrogen-bond donors (Lipinski definition) is 1. The van der Waals surface area contributed by atoms with E-state index in [1.165, 1.54) is 6.07 Å². The van der Waals surface area contributed by atoms with Crippen molar-refractivity contribution < 1.29 is 13.5 Å². The van der Waals surface area contributed by atoms with E-state index in [1.54, 1.807) is 0 Å². The minimum absolute atomic E-state index is 0.0720. The van der Waals surface area contributed by atoms with Crippen molar-refractivity contribution in [1.29, 1.82) is 0 Å². The first kappa shape index (κ1) is 14.9. The molecule has 18 heavy (non-hydrogen) atoms. The van der Waals surface area contributed by atoms with E-state index < -0.39 is 11.6 Å². The number of nitrogens with one attached hydrogen (secondary N) is 1. The van der Waals surface area contributed by atoms with E-state index in [0.29, 0.717) is 18.3 Å². The Morgan fingerprint density at radius 2 is 1.78 bits per heavy atom. The lowest BCUT2D eigenvalue weighted by Crippen LogP contribution is -2.38. The van der Waals surface area contributed by atoms with Crippen LogP contribution < -0.4 is 10.1 Å². The van der Waals surface area contributed by atoms with Gasteiger partial charge < -0.3 is 10.1 Å². The van der Waals surface area contributed by atoms with Crippen LogP contribution in [0, 0.1) is 17.6 Å². The second-order valence-electron chi connectivity index (χ2n) is 5.04. The van der Waals surface area contributed by atoms with Crippen LogP contribution in [-0.2, 0) is 0 Å². The quantitative estimate of drug-likeness (QED) is 0.843. The minimum atomic E-state index is -0.883. The molecule has 1 aromatic rings. The Bertz CT molecular complexity index is 380. The molecule has 0 saturated carbocycles. The van der Waals surface area contributed by atoms with Crippen LogP contribution in [0.25, 0.3) is 0 Å². The molecule has 0 aliphatic rings. The maximum Gasteiger partial charge on any atom is 0.162 e. The Labute approximate surface area is 107 Å². The maximum atomic E-state index is 13.1. The molecule has 0 aliphatic carbocycles. The van der Waals surface area contributed by atoms with Crippen LogP contribution in [0.15, 0.2) is 18.2 Å². The normalized spacial score (nSPS) is 13.1. The molecule has 0 aromatic heterocycles. The first-order valence-corrected chi connectivity index (χ1v) is 6.25. The molecule has 0 heterocycles. The van der Waals surface area contributed by atoms with Crippen molar-refractivity contribution in [2.24, 2.45) is 5.92 Å². The number of halogens is 2. The van der Waals surface area contributed by atoms with Gasteiger partial charge in [0, 0.05) is 18.7 Å². The molecule has 1 unspecified atom stereocenters. The standard InChI is InChI=1S/C14H21F2NO/c1-9(2)14(8-17-10(3)4)18-11-5-6-12(15)13(16)7-11/h5-7,9-10,14,17H,8H2,1-4H3. The average molecular weight is 257 g/mol. The second kappa shape index (κ2) is 6.69. The summed E-state index contributed by atoms with van der Waals surface area (Å²) in [6.45, 7) is 8.84. The highest BCUT2D eigenvalue weighted by Gasteiger charge is 2.16. The molecule has 0 aliphatic heterocycles. The van der Waals surface area contributed by atoms with Crippen molar-refractivity contribution in [2.45, 2.75) is 39.8 Å². The highest BCUT2D eigenvalue weighted by atomic mass is 19.2. The fourth-order valence-corrected chi connectivity index (χ4v) is 1.49. The average Bonchev–Trinajstić information content (AvgIpc) is 2.28. The monoisotopic (exact) mass is 257 g/mol. The van der Waals surface area contributed by atoms with Crippen LogP contribution in [0.1, 0.15) is 27.7 Å². The van der Waals surface area contributed by atoms with E-state index in [1.807, 2.05) is 13.8 Å².